The average Bonchev–Trinajstić information content (AvgIpc) is 2.54. The van der Waals surface area contributed by atoms with Crippen LogP contribution in [0.3, 0.4) is 0 Å². The molecule has 5 nitrogen and oxygen atoms in total. The molecule has 0 fully saturated rings. The Labute approximate surface area is 123 Å². The number of pyridine rings is 1. The maximum absolute atomic E-state index is 10.8. The highest BCUT2D eigenvalue weighted by Crippen LogP contribution is 2.29. The third-order valence-electron chi connectivity index (χ3n) is 2.83. The van der Waals surface area contributed by atoms with Crippen molar-refractivity contribution in [2.45, 2.75) is 13.5 Å². The van der Waals surface area contributed by atoms with E-state index in [0.717, 1.165) is 11.8 Å². The van der Waals surface area contributed by atoms with E-state index < -0.39 is 0 Å². The van der Waals surface area contributed by atoms with Crippen molar-refractivity contribution >= 4 is 6.29 Å². The Bertz CT molecular complexity index is 613. The molecular weight excluding hydrogens is 270 g/mol. The predicted molar refractivity (Wildman–Crippen MR) is 78.1 cm³/mol. The van der Waals surface area contributed by atoms with Crippen LogP contribution in [-0.2, 0) is 6.61 Å². The zero-order chi connectivity index (χ0) is 15.1. The fourth-order valence-electron chi connectivity index (χ4n) is 1.86. The van der Waals surface area contributed by atoms with Gasteiger partial charge in [0.2, 0.25) is 5.88 Å². The van der Waals surface area contributed by atoms with E-state index in [1.165, 1.54) is 0 Å². The summed E-state index contributed by atoms with van der Waals surface area (Å²) < 4.78 is 16.4. The molecular formula is C16H17NO4. The number of ether oxygens (including phenoxy) is 3. The number of rotatable bonds is 7. The molecule has 0 radical (unpaired) electrons. The highest BCUT2D eigenvalue weighted by Gasteiger charge is 2.09. The number of hydrogen-bond donors (Lipinski definition) is 0. The van der Waals surface area contributed by atoms with Gasteiger partial charge in [0.05, 0.1) is 19.3 Å². The molecule has 2 rings (SSSR count). The molecule has 0 spiro atoms. The lowest BCUT2D eigenvalue weighted by molar-refractivity contribution is 0.112. The minimum absolute atomic E-state index is 0.303. The van der Waals surface area contributed by atoms with Crippen molar-refractivity contribution in [3.8, 4) is 17.4 Å². The van der Waals surface area contributed by atoms with Gasteiger partial charge in [0.15, 0.2) is 11.5 Å². The van der Waals surface area contributed by atoms with Gasteiger partial charge >= 0.3 is 0 Å². The van der Waals surface area contributed by atoms with Crippen LogP contribution in [0, 0.1) is 0 Å². The zero-order valence-corrected chi connectivity index (χ0v) is 12.0. The Morgan fingerprint density at radius 3 is 2.76 bits per heavy atom. The first-order chi connectivity index (χ1) is 10.3. The number of aromatic nitrogens is 1. The van der Waals surface area contributed by atoms with Crippen LogP contribution in [0.1, 0.15) is 22.8 Å². The molecule has 0 saturated carbocycles. The molecule has 110 valence electrons. The lowest BCUT2D eigenvalue weighted by Gasteiger charge is -2.13. The summed E-state index contributed by atoms with van der Waals surface area (Å²) in [4.78, 5) is 14.9. The van der Waals surface area contributed by atoms with Crippen LogP contribution in [0.15, 0.2) is 36.5 Å². The van der Waals surface area contributed by atoms with Gasteiger partial charge in [0.1, 0.15) is 12.9 Å². The van der Waals surface area contributed by atoms with Crippen molar-refractivity contribution in [3.05, 3.63) is 47.7 Å². The van der Waals surface area contributed by atoms with Gasteiger partial charge in [0, 0.05) is 11.8 Å². The summed E-state index contributed by atoms with van der Waals surface area (Å²) in [5.74, 6) is 1.65. The van der Waals surface area contributed by atoms with E-state index in [4.69, 9.17) is 14.2 Å². The van der Waals surface area contributed by atoms with Crippen molar-refractivity contribution in [1.29, 1.82) is 0 Å². The molecule has 0 unspecified atom stereocenters. The molecule has 21 heavy (non-hydrogen) atoms. The standard InChI is InChI=1S/C16H17NO4/c1-3-20-15-9-12(10-18)6-7-14(15)21-11-13-5-4-8-17-16(13)19-2/h4-10H,3,11H2,1-2H3. The summed E-state index contributed by atoms with van der Waals surface area (Å²) >= 11 is 0. The monoisotopic (exact) mass is 287 g/mol. The zero-order valence-electron chi connectivity index (χ0n) is 12.0. The lowest BCUT2D eigenvalue weighted by atomic mass is 10.2. The van der Waals surface area contributed by atoms with Gasteiger partial charge in [-0.25, -0.2) is 4.98 Å². The second-order valence-corrected chi connectivity index (χ2v) is 4.22. The maximum atomic E-state index is 10.8. The topological polar surface area (TPSA) is 57.7 Å². The number of benzene rings is 1. The predicted octanol–water partition coefficient (Wildman–Crippen LogP) is 2.88. The highest BCUT2D eigenvalue weighted by atomic mass is 16.5. The van der Waals surface area contributed by atoms with E-state index in [-0.39, 0.29) is 0 Å². The van der Waals surface area contributed by atoms with Gasteiger partial charge in [0.25, 0.3) is 0 Å². The molecule has 0 bridgehead atoms. The van der Waals surface area contributed by atoms with Crippen LogP contribution in [0.2, 0.25) is 0 Å². The van der Waals surface area contributed by atoms with E-state index in [1.54, 1.807) is 31.5 Å². The van der Waals surface area contributed by atoms with E-state index >= 15 is 0 Å². The average molecular weight is 287 g/mol. The van der Waals surface area contributed by atoms with Crippen molar-refractivity contribution in [2.24, 2.45) is 0 Å². The van der Waals surface area contributed by atoms with Gasteiger partial charge in [-0.05, 0) is 37.3 Å². The number of hydrogen-bond acceptors (Lipinski definition) is 5. The maximum Gasteiger partial charge on any atom is 0.219 e. The molecule has 0 aliphatic carbocycles. The van der Waals surface area contributed by atoms with E-state index in [0.29, 0.717) is 36.2 Å². The first-order valence-corrected chi connectivity index (χ1v) is 6.61. The molecule has 1 heterocycles. The molecule has 0 aliphatic heterocycles. The quantitative estimate of drug-likeness (QED) is 0.733. The third-order valence-corrected chi connectivity index (χ3v) is 2.83. The summed E-state index contributed by atoms with van der Waals surface area (Å²) in [6, 6.07) is 8.77. The molecule has 5 heteroatoms. The van der Waals surface area contributed by atoms with Crippen molar-refractivity contribution in [3.63, 3.8) is 0 Å². The van der Waals surface area contributed by atoms with E-state index in [1.807, 2.05) is 19.1 Å². The fraction of sp³-hybridized carbons (Fsp3) is 0.250. The Morgan fingerprint density at radius 2 is 2.05 bits per heavy atom. The minimum Gasteiger partial charge on any atom is -0.490 e. The van der Waals surface area contributed by atoms with Crippen LogP contribution in [0.4, 0.5) is 0 Å². The van der Waals surface area contributed by atoms with Crippen LogP contribution in [0.5, 0.6) is 17.4 Å². The second kappa shape index (κ2) is 7.28. The molecule has 0 saturated heterocycles. The van der Waals surface area contributed by atoms with Gasteiger partial charge in [-0.15, -0.1) is 0 Å². The van der Waals surface area contributed by atoms with Crippen LogP contribution in [0.25, 0.3) is 0 Å². The summed E-state index contributed by atoms with van der Waals surface area (Å²) in [5.41, 5.74) is 1.38. The number of nitrogens with zero attached hydrogens (tertiary/aromatic N) is 1. The number of methoxy groups -OCH3 is 1. The largest absolute Gasteiger partial charge is 0.490 e. The Hall–Kier alpha value is -2.56. The van der Waals surface area contributed by atoms with Crippen LogP contribution < -0.4 is 14.2 Å². The first-order valence-electron chi connectivity index (χ1n) is 6.61. The number of aldehydes is 1. The number of carbonyl (C=O) groups is 1. The summed E-state index contributed by atoms with van der Waals surface area (Å²) in [6.45, 7) is 2.67. The summed E-state index contributed by atoms with van der Waals surface area (Å²) in [7, 11) is 1.57. The summed E-state index contributed by atoms with van der Waals surface area (Å²) in [5, 5.41) is 0. The molecule has 0 amide bonds. The SMILES string of the molecule is CCOc1cc(C=O)ccc1OCc1cccnc1OC. The lowest BCUT2D eigenvalue weighted by Crippen LogP contribution is -2.02. The highest BCUT2D eigenvalue weighted by molar-refractivity contribution is 5.76. The molecule has 1 aromatic heterocycles. The van der Waals surface area contributed by atoms with Crippen LogP contribution in [-0.4, -0.2) is 25.0 Å². The Balaban J connectivity index is 2.17. The van der Waals surface area contributed by atoms with Gasteiger partial charge in [-0.1, -0.05) is 0 Å². The van der Waals surface area contributed by atoms with Crippen LogP contribution >= 0.6 is 0 Å². The van der Waals surface area contributed by atoms with E-state index in [2.05, 4.69) is 4.98 Å². The first kappa shape index (κ1) is 14.8. The molecule has 0 atom stereocenters. The molecule has 1 aromatic carbocycles. The van der Waals surface area contributed by atoms with Gasteiger partial charge in [-0.3, -0.25) is 4.79 Å². The minimum atomic E-state index is 0.303. The van der Waals surface area contributed by atoms with E-state index in [9.17, 15) is 4.79 Å². The smallest absolute Gasteiger partial charge is 0.219 e. The van der Waals surface area contributed by atoms with Crippen molar-refractivity contribution in [2.75, 3.05) is 13.7 Å². The van der Waals surface area contributed by atoms with Gasteiger partial charge < -0.3 is 14.2 Å². The Morgan fingerprint density at radius 1 is 1.19 bits per heavy atom. The fourth-order valence-corrected chi connectivity index (χ4v) is 1.86. The number of carbonyl (C=O) groups excluding carboxylic acids is 1. The molecule has 0 aliphatic rings. The van der Waals surface area contributed by atoms with Crippen molar-refractivity contribution in [1.82, 2.24) is 4.98 Å². The summed E-state index contributed by atoms with van der Waals surface area (Å²) in [6.07, 6.45) is 2.43. The second-order valence-electron chi connectivity index (χ2n) is 4.22. The third kappa shape index (κ3) is 3.72. The molecule has 2 aromatic rings. The molecule has 0 N–H and O–H groups in total. The van der Waals surface area contributed by atoms with Crippen molar-refractivity contribution < 1.29 is 19.0 Å². The van der Waals surface area contributed by atoms with Gasteiger partial charge in [-0.2, -0.15) is 0 Å². The normalized spacial score (nSPS) is 10.0. The Kier molecular flexibility index (Phi) is 5.15.